The molecule has 0 aromatic rings. The van der Waals surface area contributed by atoms with Crippen molar-refractivity contribution < 1.29 is 14.3 Å². The summed E-state index contributed by atoms with van der Waals surface area (Å²) in [7, 11) is 3.92. The van der Waals surface area contributed by atoms with E-state index in [0.29, 0.717) is 6.42 Å². The lowest BCUT2D eigenvalue weighted by Gasteiger charge is -2.39. The summed E-state index contributed by atoms with van der Waals surface area (Å²) in [5.41, 5.74) is 0. The molecule has 0 saturated carbocycles. The van der Waals surface area contributed by atoms with Crippen molar-refractivity contribution >= 4 is 16.2 Å². The van der Waals surface area contributed by atoms with Crippen LogP contribution in [0.5, 0.6) is 0 Å². The van der Waals surface area contributed by atoms with Crippen molar-refractivity contribution in [2.45, 2.75) is 63.5 Å². The molecule has 0 amide bonds. The summed E-state index contributed by atoms with van der Waals surface area (Å²) in [6.07, 6.45) is 0.364. The number of rotatable bonds is 3. The zero-order valence-electron chi connectivity index (χ0n) is 11.0. The van der Waals surface area contributed by atoms with Gasteiger partial charge in [-0.2, -0.15) is 0 Å². The molecular formula is C11H23BO3Si. The summed E-state index contributed by atoms with van der Waals surface area (Å²) < 4.78 is 11.6. The summed E-state index contributed by atoms with van der Waals surface area (Å²) in [5, 5.41) is 9.38. The highest BCUT2D eigenvalue weighted by Gasteiger charge is 2.43. The van der Waals surface area contributed by atoms with Crippen LogP contribution in [0.25, 0.3) is 0 Å². The van der Waals surface area contributed by atoms with Crippen LogP contribution < -0.4 is 0 Å². The van der Waals surface area contributed by atoms with Gasteiger partial charge in [-0.1, -0.05) is 20.8 Å². The van der Waals surface area contributed by atoms with Crippen molar-refractivity contribution in [3.8, 4) is 0 Å². The van der Waals surface area contributed by atoms with E-state index in [1.54, 1.807) is 0 Å². The summed E-state index contributed by atoms with van der Waals surface area (Å²) in [5.74, 6) is 0. The van der Waals surface area contributed by atoms with Gasteiger partial charge in [-0.15, -0.1) is 0 Å². The lowest BCUT2D eigenvalue weighted by molar-refractivity contribution is -0.000169. The monoisotopic (exact) mass is 242 g/mol. The third kappa shape index (κ3) is 3.09. The summed E-state index contributed by atoms with van der Waals surface area (Å²) in [4.78, 5) is 0. The van der Waals surface area contributed by atoms with Crippen LogP contribution in [-0.4, -0.2) is 46.1 Å². The molecule has 1 N–H and O–H groups in total. The lowest BCUT2D eigenvalue weighted by atomic mass is 9.96. The highest BCUT2D eigenvalue weighted by Crippen LogP contribution is 2.39. The Balaban J connectivity index is 2.66. The number of hydrogen-bond acceptors (Lipinski definition) is 3. The maximum absolute atomic E-state index is 9.21. The van der Waals surface area contributed by atoms with Gasteiger partial charge >= 0.3 is 0 Å². The first-order chi connectivity index (χ1) is 7.17. The fourth-order valence-corrected chi connectivity index (χ4v) is 2.95. The Morgan fingerprint density at radius 3 is 2.44 bits per heavy atom. The molecular weight excluding hydrogens is 219 g/mol. The van der Waals surface area contributed by atoms with Crippen LogP contribution in [0, 0.1) is 0 Å². The van der Waals surface area contributed by atoms with Crippen LogP contribution in [0.2, 0.25) is 18.1 Å². The molecule has 5 heteroatoms. The molecule has 0 aromatic heterocycles. The third-order valence-corrected chi connectivity index (χ3v) is 8.17. The normalized spacial score (nSPS) is 32.0. The Hall–Kier alpha value is 0.162. The molecule has 0 aliphatic carbocycles. The van der Waals surface area contributed by atoms with E-state index in [4.69, 9.17) is 17.0 Å². The van der Waals surface area contributed by atoms with Crippen LogP contribution in [0.1, 0.15) is 27.2 Å². The average molecular weight is 242 g/mol. The topological polar surface area (TPSA) is 38.7 Å². The number of ether oxygens (including phenoxy) is 1. The van der Waals surface area contributed by atoms with Crippen molar-refractivity contribution in [3.05, 3.63) is 0 Å². The fraction of sp³-hybridized carbons (Fsp3) is 1.00. The standard InChI is InChI=1S/C11H23BO3Si/c1-11(2,3)16(4,5)15-8-6-10(12)14-9(8)7-13/h8-10,13H,6-7H2,1-5H3/t8?,9-,10?/m1/s1. The first kappa shape index (κ1) is 14.2. The van der Waals surface area contributed by atoms with Gasteiger partial charge in [0, 0.05) is 6.00 Å². The van der Waals surface area contributed by atoms with Gasteiger partial charge in [0.2, 0.25) is 0 Å². The summed E-state index contributed by atoms with van der Waals surface area (Å²) >= 11 is 0. The molecule has 3 atom stereocenters. The van der Waals surface area contributed by atoms with E-state index in [0.717, 1.165) is 0 Å². The first-order valence-electron chi connectivity index (χ1n) is 5.87. The number of aliphatic hydroxyl groups is 1. The molecule has 1 fully saturated rings. The molecule has 1 saturated heterocycles. The molecule has 1 aliphatic rings. The zero-order valence-corrected chi connectivity index (χ0v) is 12.0. The van der Waals surface area contributed by atoms with Gasteiger partial charge in [0.25, 0.3) is 0 Å². The van der Waals surface area contributed by atoms with E-state index in [2.05, 4.69) is 33.9 Å². The van der Waals surface area contributed by atoms with Crippen molar-refractivity contribution in [2.24, 2.45) is 0 Å². The van der Waals surface area contributed by atoms with Crippen molar-refractivity contribution in [1.29, 1.82) is 0 Å². The maximum atomic E-state index is 9.21. The van der Waals surface area contributed by atoms with Crippen LogP contribution in [-0.2, 0) is 9.16 Å². The van der Waals surface area contributed by atoms with Gasteiger partial charge < -0.3 is 14.3 Å². The summed E-state index contributed by atoms with van der Waals surface area (Å²) in [6.45, 7) is 11.0. The third-order valence-electron chi connectivity index (χ3n) is 3.66. The van der Waals surface area contributed by atoms with Crippen LogP contribution >= 0.6 is 0 Å². The van der Waals surface area contributed by atoms with E-state index in [1.165, 1.54) is 0 Å². The molecule has 16 heavy (non-hydrogen) atoms. The zero-order chi connectivity index (χ0) is 12.6. The van der Waals surface area contributed by atoms with Crippen LogP contribution in [0.4, 0.5) is 0 Å². The molecule has 0 aromatic carbocycles. The molecule has 0 spiro atoms. The molecule has 3 nitrogen and oxygen atoms in total. The van der Waals surface area contributed by atoms with Gasteiger partial charge in [0.05, 0.1) is 12.7 Å². The predicted octanol–water partition coefficient (Wildman–Crippen LogP) is 1.65. The molecule has 1 aliphatic heterocycles. The highest BCUT2D eigenvalue weighted by molar-refractivity contribution is 6.74. The summed E-state index contributed by atoms with van der Waals surface area (Å²) in [6, 6.07) is -0.299. The van der Waals surface area contributed by atoms with Crippen molar-refractivity contribution in [3.63, 3.8) is 0 Å². The second-order valence-electron chi connectivity index (χ2n) is 6.05. The van der Waals surface area contributed by atoms with E-state index in [-0.39, 0.29) is 29.9 Å². The Kier molecular flexibility index (Phi) is 4.27. The largest absolute Gasteiger partial charge is 0.411 e. The van der Waals surface area contributed by atoms with Crippen LogP contribution in [0.3, 0.4) is 0 Å². The fourth-order valence-electron chi connectivity index (χ4n) is 1.59. The quantitative estimate of drug-likeness (QED) is 0.765. The molecule has 1 heterocycles. The minimum Gasteiger partial charge on any atom is -0.411 e. The SMILES string of the molecule is [B]C1CC(O[Si](C)(C)C(C)(C)C)[C@@H](CO)O1. The Bertz CT molecular complexity index is 240. The van der Waals surface area contributed by atoms with Gasteiger partial charge in [-0.05, 0) is 24.6 Å². The van der Waals surface area contributed by atoms with Gasteiger partial charge in [-0.25, -0.2) is 0 Å². The van der Waals surface area contributed by atoms with Crippen molar-refractivity contribution in [2.75, 3.05) is 6.61 Å². The highest BCUT2D eigenvalue weighted by atomic mass is 28.4. The molecule has 0 bridgehead atoms. The van der Waals surface area contributed by atoms with Gasteiger partial charge in [0.15, 0.2) is 8.32 Å². The smallest absolute Gasteiger partial charge is 0.192 e. The van der Waals surface area contributed by atoms with Gasteiger partial charge in [0.1, 0.15) is 14.0 Å². The Labute approximate surface area is 101 Å². The lowest BCUT2D eigenvalue weighted by Crippen LogP contribution is -2.46. The van der Waals surface area contributed by atoms with Gasteiger partial charge in [-0.3, -0.25) is 0 Å². The molecule has 92 valence electrons. The first-order valence-corrected chi connectivity index (χ1v) is 8.78. The number of aliphatic hydroxyl groups excluding tert-OH is 1. The predicted molar refractivity (Wildman–Crippen MR) is 68.2 cm³/mol. The molecule has 2 radical (unpaired) electrons. The Morgan fingerprint density at radius 1 is 1.44 bits per heavy atom. The second-order valence-corrected chi connectivity index (χ2v) is 10.8. The van der Waals surface area contributed by atoms with Crippen molar-refractivity contribution in [1.82, 2.24) is 0 Å². The minimum absolute atomic E-state index is 0.0208. The van der Waals surface area contributed by atoms with E-state index < -0.39 is 8.32 Å². The van der Waals surface area contributed by atoms with E-state index in [1.807, 2.05) is 0 Å². The second kappa shape index (κ2) is 4.80. The van der Waals surface area contributed by atoms with E-state index >= 15 is 0 Å². The Morgan fingerprint density at radius 2 is 2.00 bits per heavy atom. The van der Waals surface area contributed by atoms with E-state index in [9.17, 15) is 5.11 Å². The molecule has 1 rings (SSSR count). The average Bonchev–Trinajstić information content (AvgIpc) is 2.43. The molecule has 2 unspecified atom stereocenters. The minimum atomic E-state index is -1.80. The van der Waals surface area contributed by atoms with Crippen LogP contribution in [0.15, 0.2) is 0 Å². The maximum Gasteiger partial charge on any atom is 0.192 e. The number of hydrogen-bond donors (Lipinski definition) is 1.